The molecule has 2 rings (SSSR count). The first kappa shape index (κ1) is 14.3. The van der Waals surface area contributed by atoms with E-state index in [1.54, 1.807) is 31.2 Å². The number of hydrogen-bond acceptors (Lipinski definition) is 4. The molecule has 0 radical (unpaired) electrons. The van der Waals surface area contributed by atoms with Crippen molar-refractivity contribution in [3.05, 3.63) is 45.6 Å². The van der Waals surface area contributed by atoms with Gasteiger partial charge in [-0.2, -0.15) is 0 Å². The van der Waals surface area contributed by atoms with Crippen molar-refractivity contribution in [2.24, 2.45) is 0 Å². The molecule has 0 aliphatic carbocycles. The molecule has 102 valence electrons. The minimum absolute atomic E-state index is 0.135. The van der Waals surface area contributed by atoms with Gasteiger partial charge in [-0.25, -0.2) is 13.1 Å². The van der Waals surface area contributed by atoms with Gasteiger partial charge in [-0.3, -0.25) is 0 Å². The highest BCUT2D eigenvalue weighted by Crippen LogP contribution is 2.29. The van der Waals surface area contributed by atoms with E-state index < -0.39 is 16.1 Å². The van der Waals surface area contributed by atoms with E-state index in [-0.39, 0.29) is 10.6 Å². The fraction of sp³-hybridized carbons (Fsp3) is 0.167. The van der Waals surface area contributed by atoms with Crippen LogP contribution in [-0.2, 0) is 10.0 Å². The Hall–Kier alpha value is -1.08. The number of thiophene rings is 1. The van der Waals surface area contributed by atoms with Crippen LogP contribution in [0.3, 0.4) is 0 Å². The van der Waals surface area contributed by atoms with Gasteiger partial charge in [0.25, 0.3) is 0 Å². The van der Waals surface area contributed by atoms with E-state index in [1.165, 1.54) is 23.5 Å². The molecule has 0 bridgehead atoms. The Morgan fingerprint density at radius 1 is 1.26 bits per heavy atom. The lowest BCUT2D eigenvalue weighted by molar-refractivity contribution is 0.457. The van der Waals surface area contributed by atoms with Crippen molar-refractivity contribution in [3.63, 3.8) is 0 Å². The Bertz CT molecular complexity index is 682. The van der Waals surface area contributed by atoms with E-state index in [4.69, 9.17) is 11.6 Å². The fourth-order valence-electron chi connectivity index (χ4n) is 1.60. The number of nitrogens with one attached hydrogen (secondary N) is 1. The van der Waals surface area contributed by atoms with E-state index in [9.17, 15) is 13.5 Å². The number of benzene rings is 1. The molecule has 4 nitrogen and oxygen atoms in total. The smallest absolute Gasteiger partial charge is 0.244 e. The van der Waals surface area contributed by atoms with Crippen LogP contribution in [-0.4, -0.2) is 13.5 Å². The highest BCUT2D eigenvalue weighted by Gasteiger charge is 2.21. The van der Waals surface area contributed by atoms with Crippen molar-refractivity contribution in [1.29, 1.82) is 0 Å². The monoisotopic (exact) mass is 317 g/mol. The number of para-hydroxylation sites is 1. The van der Waals surface area contributed by atoms with Gasteiger partial charge in [-0.15, -0.1) is 11.3 Å². The summed E-state index contributed by atoms with van der Waals surface area (Å²) in [5, 5.41) is 9.60. The topological polar surface area (TPSA) is 66.4 Å². The second-order valence-electron chi connectivity index (χ2n) is 3.95. The summed E-state index contributed by atoms with van der Waals surface area (Å²) in [6.07, 6.45) is 0. The third kappa shape index (κ3) is 3.27. The van der Waals surface area contributed by atoms with E-state index >= 15 is 0 Å². The van der Waals surface area contributed by atoms with Gasteiger partial charge < -0.3 is 5.11 Å². The molecule has 0 saturated heterocycles. The molecular formula is C12H12ClNO3S2. The zero-order valence-corrected chi connectivity index (χ0v) is 12.4. The van der Waals surface area contributed by atoms with Crippen molar-refractivity contribution >= 4 is 33.0 Å². The van der Waals surface area contributed by atoms with Crippen LogP contribution < -0.4 is 4.72 Å². The van der Waals surface area contributed by atoms with Crippen LogP contribution in [0.25, 0.3) is 0 Å². The van der Waals surface area contributed by atoms with Crippen molar-refractivity contribution < 1.29 is 13.5 Å². The maximum absolute atomic E-state index is 12.1. The van der Waals surface area contributed by atoms with Gasteiger partial charge in [0.1, 0.15) is 10.6 Å². The normalized spacial score (nSPS) is 13.4. The van der Waals surface area contributed by atoms with Crippen molar-refractivity contribution in [2.75, 3.05) is 0 Å². The average molecular weight is 318 g/mol. The Morgan fingerprint density at radius 3 is 2.53 bits per heavy atom. The fourth-order valence-corrected chi connectivity index (χ4v) is 4.06. The summed E-state index contributed by atoms with van der Waals surface area (Å²) in [7, 11) is -3.77. The molecule has 1 aromatic heterocycles. The Morgan fingerprint density at radius 2 is 1.95 bits per heavy atom. The van der Waals surface area contributed by atoms with Gasteiger partial charge in [0.15, 0.2) is 0 Å². The lowest BCUT2D eigenvalue weighted by Gasteiger charge is -2.13. The molecule has 1 atom stereocenters. The third-order valence-corrected chi connectivity index (χ3v) is 5.51. The predicted molar refractivity (Wildman–Crippen MR) is 76.2 cm³/mol. The van der Waals surface area contributed by atoms with Crippen molar-refractivity contribution in [2.45, 2.75) is 17.9 Å². The first-order valence-corrected chi connectivity index (χ1v) is 8.13. The number of phenolic OH excluding ortho intramolecular Hbond substituents is 1. The maximum Gasteiger partial charge on any atom is 0.244 e. The van der Waals surface area contributed by atoms with Gasteiger partial charge in [0, 0.05) is 4.88 Å². The summed E-state index contributed by atoms with van der Waals surface area (Å²) >= 11 is 7.13. The van der Waals surface area contributed by atoms with Crippen LogP contribution >= 0.6 is 22.9 Å². The zero-order chi connectivity index (χ0) is 14.0. The highest BCUT2D eigenvalue weighted by molar-refractivity contribution is 7.89. The molecule has 1 unspecified atom stereocenters. The molecule has 0 aliphatic heterocycles. The largest absolute Gasteiger partial charge is 0.507 e. The summed E-state index contributed by atoms with van der Waals surface area (Å²) < 4.78 is 27.4. The van der Waals surface area contributed by atoms with Gasteiger partial charge in [-0.05, 0) is 31.2 Å². The summed E-state index contributed by atoms with van der Waals surface area (Å²) in [6, 6.07) is 8.88. The van der Waals surface area contributed by atoms with Crippen LogP contribution in [0.5, 0.6) is 5.75 Å². The SMILES string of the molecule is CC(NS(=O)(=O)c1ccccc1O)c1ccc(Cl)s1. The minimum Gasteiger partial charge on any atom is -0.507 e. The van der Waals surface area contributed by atoms with Gasteiger partial charge in [0.05, 0.1) is 10.4 Å². The molecule has 0 amide bonds. The summed E-state index contributed by atoms with van der Waals surface area (Å²) in [5.41, 5.74) is 0. The predicted octanol–water partition coefficient (Wildman–Crippen LogP) is 3.15. The molecule has 0 aliphatic rings. The van der Waals surface area contributed by atoms with Gasteiger partial charge >= 0.3 is 0 Å². The molecule has 0 fully saturated rings. The summed E-state index contributed by atoms with van der Waals surface area (Å²) in [5.74, 6) is -0.272. The van der Waals surface area contributed by atoms with Crippen LogP contribution in [0.2, 0.25) is 4.34 Å². The molecule has 0 spiro atoms. The summed E-state index contributed by atoms with van der Waals surface area (Å²) in [4.78, 5) is 0.675. The molecule has 0 saturated carbocycles. The number of halogens is 1. The Kier molecular flexibility index (Phi) is 4.15. The second-order valence-corrected chi connectivity index (χ2v) is 7.38. The molecular weight excluding hydrogens is 306 g/mol. The van der Waals surface area contributed by atoms with Crippen molar-refractivity contribution in [3.8, 4) is 5.75 Å². The summed E-state index contributed by atoms with van der Waals surface area (Å²) in [6.45, 7) is 1.72. The Labute approximate surface area is 120 Å². The van der Waals surface area contributed by atoms with Crippen LogP contribution in [0.15, 0.2) is 41.3 Å². The van der Waals surface area contributed by atoms with E-state index in [0.29, 0.717) is 4.34 Å². The first-order chi connectivity index (χ1) is 8.90. The van der Waals surface area contributed by atoms with E-state index in [2.05, 4.69) is 4.72 Å². The average Bonchev–Trinajstić information content (AvgIpc) is 2.76. The molecule has 1 aromatic carbocycles. The maximum atomic E-state index is 12.1. The molecule has 1 heterocycles. The molecule has 19 heavy (non-hydrogen) atoms. The quantitative estimate of drug-likeness (QED) is 0.910. The third-order valence-electron chi connectivity index (χ3n) is 2.51. The second kappa shape index (κ2) is 5.50. The lowest BCUT2D eigenvalue weighted by atomic mass is 10.3. The minimum atomic E-state index is -3.77. The number of phenols is 1. The molecule has 7 heteroatoms. The Balaban J connectivity index is 2.25. The zero-order valence-electron chi connectivity index (χ0n) is 10.00. The number of sulfonamides is 1. The van der Waals surface area contributed by atoms with Crippen LogP contribution in [0.4, 0.5) is 0 Å². The highest BCUT2D eigenvalue weighted by atomic mass is 35.5. The van der Waals surface area contributed by atoms with Gasteiger partial charge in [-0.1, -0.05) is 23.7 Å². The van der Waals surface area contributed by atoms with Gasteiger partial charge in [0.2, 0.25) is 10.0 Å². The van der Waals surface area contributed by atoms with E-state index in [1.807, 2.05) is 0 Å². The standard InChI is InChI=1S/C12H12ClNO3S2/c1-8(10-6-7-12(13)18-10)14-19(16,17)11-5-3-2-4-9(11)15/h2-8,14-15H,1H3. The molecule has 2 N–H and O–H groups in total. The van der Waals surface area contributed by atoms with Crippen molar-refractivity contribution in [1.82, 2.24) is 4.72 Å². The molecule has 2 aromatic rings. The first-order valence-electron chi connectivity index (χ1n) is 5.46. The van der Waals surface area contributed by atoms with Crippen LogP contribution in [0.1, 0.15) is 17.8 Å². The number of aromatic hydroxyl groups is 1. The van der Waals surface area contributed by atoms with Crippen LogP contribution in [0, 0.1) is 0 Å². The number of hydrogen-bond donors (Lipinski definition) is 2. The lowest BCUT2D eigenvalue weighted by Crippen LogP contribution is -2.26. The van der Waals surface area contributed by atoms with E-state index in [0.717, 1.165) is 4.88 Å². The number of rotatable bonds is 4.